The second kappa shape index (κ2) is 6.93. The highest BCUT2D eigenvalue weighted by atomic mass is 16.5. The predicted molar refractivity (Wildman–Crippen MR) is 68.4 cm³/mol. The van der Waals surface area contributed by atoms with Gasteiger partial charge in [0.15, 0.2) is 0 Å². The van der Waals surface area contributed by atoms with Crippen molar-refractivity contribution in [3.8, 4) is 12.3 Å². The molecule has 0 spiro atoms. The van der Waals surface area contributed by atoms with Gasteiger partial charge in [0.05, 0.1) is 5.60 Å². The summed E-state index contributed by atoms with van der Waals surface area (Å²) in [5, 5.41) is 3.59. The zero-order valence-corrected chi connectivity index (χ0v) is 10.7. The molecule has 0 aliphatic heterocycles. The highest BCUT2D eigenvalue weighted by Gasteiger charge is 2.38. The van der Waals surface area contributed by atoms with Gasteiger partial charge in [0.1, 0.15) is 0 Å². The molecule has 1 saturated carbocycles. The first-order chi connectivity index (χ1) is 7.76. The van der Waals surface area contributed by atoms with Gasteiger partial charge in [0, 0.05) is 19.6 Å². The van der Waals surface area contributed by atoms with Crippen LogP contribution >= 0.6 is 0 Å². The molecule has 2 heteroatoms. The van der Waals surface area contributed by atoms with Gasteiger partial charge in [0.25, 0.3) is 0 Å². The molecule has 0 saturated heterocycles. The quantitative estimate of drug-likeness (QED) is 0.639. The molecule has 1 rings (SSSR count). The molecule has 1 aliphatic carbocycles. The lowest BCUT2D eigenvalue weighted by atomic mass is 9.75. The van der Waals surface area contributed by atoms with Crippen LogP contribution in [0.25, 0.3) is 0 Å². The summed E-state index contributed by atoms with van der Waals surface area (Å²) in [6, 6.07) is 0.524. The molecule has 0 bridgehead atoms. The Balaban J connectivity index is 2.38. The van der Waals surface area contributed by atoms with Crippen LogP contribution in [0.1, 0.15) is 51.9 Å². The van der Waals surface area contributed by atoms with Crippen molar-refractivity contribution >= 4 is 0 Å². The fourth-order valence-corrected chi connectivity index (χ4v) is 2.39. The minimum Gasteiger partial charge on any atom is -0.378 e. The Morgan fingerprint density at radius 3 is 2.69 bits per heavy atom. The molecule has 1 aliphatic rings. The number of terminal acetylenes is 1. The summed E-state index contributed by atoms with van der Waals surface area (Å²) in [6.07, 6.45) is 13.3. The van der Waals surface area contributed by atoms with E-state index in [0.29, 0.717) is 6.04 Å². The van der Waals surface area contributed by atoms with Crippen molar-refractivity contribution < 1.29 is 4.74 Å². The van der Waals surface area contributed by atoms with E-state index in [2.05, 4.69) is 18.2 Å². The second-order valence-electron chi connectivity index (χ2n) is 4.84. The van der Waals surface area contributed by atoms with Gasteiger partial charge in [0.2, 0.25) is 0 Å². The lowest BCUT2D eigenvalue weighted by Crippen LogP contribution is -2.46. The van der Waals surface area contributed by atoms with Crippen LogP contribution in [0.3, 0.4) is 0 Å². The number of methoxy groups -OCH3 is 1. The number of rotatable bonds is 8. The molecule has 1 fully saturated rings. The fraction of sp³-hybridized carbons (Fsp3) is 0.857. The third-order valence-corrected chi connectivity index (χ3v) is 3.64. The summed E-state index contributed by atoms with van der Waals surface area (Å²) in [7, 11) is 1.84. The van der Waals surface area contributed by atoms with E-state index in [1.165, 1.54) is 25.7 Å². The summed E-state index contributed by atoms with van der Waals surface area (Å²) in [5.41, 5.74) is 0.153. The average Bonchev–Trinajstić information content (AvgIpc) is 2.26. The van der Waals surface area contributed by atoms with Crippen LogP contribution in [0.2, 0.25) is 0 Å². The van der Waals surface area contributed by atoms with Crippen molar-refractivity contribution in [1.29, 1.82) is 0 Å². The maximum Gasteiger partial charge on any atom is 0.0693 e. The molecule has 0 aromatic rings. The Hall–Kier alpha value is -0.520. The molecule has 0 heterocycles. The minimum atomic E-state index is 0.153. The summed E-state index contributed by atoms with van der Waals surface area (Å²) < 4.78 is 5.67. The van der Waals surface area contributed by atoms with Gasteiger partial charge in [-0.25, -0.2) is 0 Å². The van der Waals surface area contributed by atoms with Crippen LogP contribution in [0.5, 0.6) is 0 Å². The molecular formula is C14H25NO. The molecule has 1 unspecified atom stereocenters. The van der Waals surface area contributed by atoms with Gasteiger partial charge < -0.3 is 10.1 Å². The van der Waals surface area contributed by atoms with Gasteiger partial charge in [-0.15, -0.1) is 12.3 Å². The predicted octanol–water partition coefficient (Wildman–Crippen LogP) is 2.73. The van der Waals surface area contributed by atoms with Crippen molar-refractivity contribution in [2.75, 3.05) is 13.7 Å². The topological polar surface area (TPSA) is 21.3 Å². The van der Waals surface area contributed by atoms with Gasteiger partial charge >= 0.3 is 0 Å². The summed E-state index contributed by atoms with van der Waals surface area (Å²) >= 11 is 0. The van der Waals surface area contributed by atoms with E-state index >= 15 is 0 Å². The van der Waals surface area contributed by atoms with Crippen LogP contribution in [-0.2, 0) is 4.74 Å². The maximum absolute atomic E-state index is 5.67. The second-order valence-corrected chi connectivity index (χ2v) is 4.84. The highest BCUT2D eigenvalue weighted by molar-refractivity contribution is 4.94. The van der Waals surface area contributed by atoms with E-state index in [4.69, 9.17) is 11.2 Å². The Morgan fingerprint density at radius 2 is 2.25 bits per heavy atom. The van der Waals surface area contributed by atoms with Gasteiger partial charge in [-0.05, 0) is 45.1 Å². The van der Waals surface area contributed by atoms with Crippen LogP contribution in [0.15, 0.2) is 0 Å². The van der Waals surface area contributed by atoms with Crippen LogP contribution < -0.4 is 5.32 Å². The molecule has 2 nitrogen and oxygen atoms in total. The SMILES string of the molecule is C#CCCC(CC1(OC)CCC1)NCCC. The molecule has 0 aromatic heterocycles. The first-order valence-corrected chi connectivity index (χ1v) is 6.48. The number of hydrogen-bond acceptors (Lipinski definition) is 2. The van der Waals surface area contributed by atoms with E-state index in [-0.39, 0.29) is 5.60 Å². The summed E-state index contributed by atoms with van der Waals surface area (Å²) in [4.78, 5) is 0. The lowest BCUT2D eigenvalue weighted by Gasteiger charge is -2.43. The van der Waals surface area contributed by atoms with Gasteiger partial charge in [-0.1, -0.05) is 6.92 Å². The average molecular weight is 223 g/mol. The molecule has 1 N–H and O–H groups in total. The van der Waals surface area contributed by atoms with E-state index < -0.39 is 0 Å². The van der Waals surface area contributed by atoms with Crippen molar-refractivity contribution in [2.45, 2.75) is 63.5 Å². The number of ether oxygens (including phenoxy) is 1. The minimum absolute atomic E-state index is 0.153. The Bertz CT molecular complexity index is 222. The highest BCUT2D eigenvalue weighted by Crippen LogP contribution is 2.39. The van der Waals surface area contributed by atoms with Crippen LogP contribution in [-0.4, -0.2) is 25.3 Å². The summed E-state index contributed by atoms with van der Waals surface area (Å²) in [6.45, 7) is 3.27. The monoisotopic (exact) mass is 223 g/mol. The lowest BCUT2D eigenvalue weighted by molar-refractivity contribution is -0.0837. The maximum atomic E-state index is 5.67. The first-order valence-electron chi connectivity index (χ1n) is 6.48. The largest absolute Gasteiger partial charge is 0.378 e. The van der Waals surface area contributed by atoms with E-state index in [1.807, 2.05) is 7.11 Å². The zero-order valence-electron chi connectivity index (χ0n) is 10.7. The zero-order chi connectivity index (χ0) is 11.9. The number of hydrogen-bond donors (Lipinski definition) is 1. The van der Waals surface area contributed by atoms with E-state index in [9.17, 15) is 0 Å². The fourth-order valence-electron chi connectivity index (χ4n) is 2.39. The third-order valence-electron chi connectivity index (χ3n) is 3.64. The van der Waals surface area contributed by atoms with Gasteiger partial charge in [-0.2, -0.15) is 0 Å². The molecule has 16 heavy (non-hydrogen) atoms. The van der Waals surface area contributed by atoms with Crippen LogP contribution in [0, 0.1) is 12.3 Å². The van der Waals surface area contributed by atoms with Gasteiger partial charge in [-0.3, -0.25) is 0 Å². The van der Waals surface area contributed by atoms with Crippen molar-refractivity contribution in [3.05, 3.63) is 0 Å². The molecular weight excluding hydrogens is 198 g/mol. The normalized spacial score (nSPS) is 19.8. The molecule has 0 aromatic carbocycles. The Morgan fingerprint density at radius 1 is 1.50 bits per heavy atom. The third kappa shape index (κ3) is 3.81. The van der Waals surface area contributed by atoms with E-state index in [1.54, 1.807) is 0 Å². The molecule has 0 radical (unpaired) electrons. The van der Waals surface area contributed by atoms with E-state index in [0.717, 1.165) is 25.8 Å². The van der Waals surface area contributed by atoms with Crippen molar-refractivity contribution in [2.24, 2.45) is 0 Å². The summed E-state index contributed by atoms with van der Waals surface area (Å²) in [5.74, 6) is 2.73. The Labute approximate surface area is 100 Å². The van der Waals surface area contributed by atoms with Crippen molar-refractivity contribution in [1.82, 2.24) is 5.32 Å². The molecule has 92 valence electrons. The Kier molecular flexibility index (Phi) is 5.87. The standard InChI is InChI=1S/C14H25NO/c1-4-6-8-13(15-11-5-2)12-14(16-3)9-7-10-14/h1,13,15H,5-12H2,2-3H3. The molecule has 0 amide bonds. The molecule has 1 atom stereocenters. The smallest absolute Gasteiger partial charge is 0.0693 e. The first kappa shape index (κ1) is 13.5. The van der Waals surface area contributed by atoms with Crippen LogP contribution in [0.4, 0.5) is 0 Å². The number of nitrogens with one attached hydrogen (secondary N) is 1. The van der Waals surface area contributed by atoms with Crippen molar-refractivity contribution in [3.63, 3.8) is 0 Å².